The number of nitrogens with zero attached hydrogens (tertiary/aromatic N) is 3. The number of hydrogen-bond acceptors (Lipinski definition) is 5. The molecule has 0 saturated carbocycles. The minimum atomic E-state index is -0.463. The van der Waals surface area contributed by atoms with Gasteiger partial charge < -0.3 is 15.0 Å². The smallest absolute Gasteiger partial charge is 0.410 e. The van der Waals surface area contributed by atoms with Gasteiger partial charge in [-0.2, -0.15) is 0 Å². The van der Waals surface area contributed by atoms with Gasteiger partial charge in [-0.3, -0.25) is 0 Å². The molecule has 0 aromatic carbocycles. The lowest BCUT2D eigenvalue weighted by molar-refractivity contribution is 0.0252. The van der Waals surface area contributed by atoms with E-state index in [9.17, 15) is 4.79 Å². The van der Waals surface area contributed by atoms with Crippen LogP contribution < -0.4 is 5.32 Å². The predicted octanol–water partition coefficient (Wildman–Crippen LogP) is 2.52. The number of rotatable bonds is 7. The Morgan fingerprint density at radius 1 is 1.36 bits per heavy atom. The van der Waals surface area contributed by atoms with E-state index >= 15 is 0 Å². The zero-order valence-corrected chi connectivity index (χ0v) is 14.3. The van der Waals surface area contributed by atoms with Crippen molar-refractivity contribution in [3.8, 4) is 0 Å². The summed E-state index contributed by atoms with van der Waals surface area (Å²) in [6, 6.07) is 1.89. The predicted molar refractivity (Wildman–Crippen MR) is 86.6 cm³/mol. The molecule has 0 radical (unpaired) electrons. The fourth-order valence-corrected chi connectivity index (χ4v) is 1.92. The number of aromatic nitrogens is 2. The highest BCUT2D eigenvalue weighted by atomic mass is 16.6. The highest BCUT2D eigenvalue weighted by Gasteiger charge is 2.21. The first-order valence-electron chi connectivity index (χ1n) is 7.79. The lowest BCUT2D eigenvalue weighted by Gasteiger charge is -2.27. The van der Waals surface area contributed by atoms with E-state index < -0.39 is 5.60 Å². The van der Waals surface area contributed by atoms with Crippen molar-refractivity contribution < 1.29 is 9.53 Å². The Kier molecular flexibility index (Phi) is 7.24. The molecule has 1 N–H and O–H groups in total. The number of amides is 1. The Balaban J connectivity index is 2.39. The van der Waals surface area contributed by atoms with E-state index in [2.05, 4.69) is 22.2 Å². The molecule has 0 bridgehead atoms. The Hall–Kier alpha value is -1.69. The zero-order chi connectivity index (χ0) is 16.6. The number of hydrogen-bond donors (Lipinski definition) is 1. The molecule has 0 aliphatic heterocycles. The van der Waals surface area contributed by atoms with Gasteiger partial charge in [-0.15, -0.1) is 0 Å². The number of ether oxygens (including phenoxy) is 1. The van der Waals surface area contributed by atoms with Crippen molar-refractivity contribution in [3.05, 3.63) is 23.8 Å². The molecular formula is C16H28N4O2. The fourth-order valence-electron chi connectivity index (χ4n) is 1.92. The van der Waals surface area contributed by atoms with Crippen LogP contribution in [0.4, 0.5) is 4.79 Å². The van der Waals surface area contributed by atoms with E-state index in [0.717, 1.165) is 17.9 Å². The molecule has 1 heterocycles. The molecule has 0 aliphatic carbocycles. The van der Waals surface area contributed by atoms with Crippen LogP contribution in [0.5, 0.6) is 0 Å². The summed E-state index contributed by atoms with van der Waals surface area (Å²) in [5.41, 5.74) is 0.487. The number of nitrogens with one attached hydrogen (secondary N) is 1. The number of carbonyl (C=O) groups is 1. The molecule has 6 nitrogen and oxygen atoms in total. The first kappa shape index (κ1) is 18.4. The second-order valence-electron chi connectivity index (χ2n) is 6.24. The van der Waals surface area contributed by atoms with Crippen LogP contribution in [0.3, 0.4) is 0 Å². The van der Waals surface area contributed by atoms with E-state index in [-0.39, 0.29) is 6.09 Å². The van der Waals surface area contributed by atoms with Crippen LogP contribution in [0.2, 0.25) is 0 Å². The molecule has 1 amide bonds. The summed E-state index contributed by atoms with van der Waals surface area (Å²) < 4.78 is 5.42. The van der Waals surface area contributed by atoms with Gasteiger partial charge in [0, 0.05) is 32.4 Å². The summed E-state index contributed by atoms with van der Waals surface area (Å²) in [7, 11) is 0. The molecule has 0 saturated heterocycles. The lowest BCUT2D eigenvalue weighted by Crippen LogP contribution is -2.40. The molecule has 1 rings (SSSR count). The number of aryl methyl sites for hydroxylation is 1. The van der Waals surface area contributed by atoms with Crippen LogP contribution in [-0.4, -0.2) is 46.2 Å². The van der Waals surface area contributed by atoms with Crippen LogP contribution in [0.1, 0.15) is 45.6 Å². The minimum Gasteiger partial charge on any atom is -0.444 e. The zero-order valence-electron chi connectivity index (χ0n) is 14.3. The molecule has 0 aliphatic rings. The largest absolute Gasteiger partial charge is 0.444 e. The van der Waals surface area contributed by atoms with Crippen molar-refractivity contribution in [2.75, 3.05) is 19.6 Å². The quantitative estimate of drug-likeness (QED) is 0.784. The summed E-state index contributed by atoms with van der Waals surface area (Å²) in [6.07, 6.45) is 2.40. The van der Waals surface area contributed by atoms with E-state index in [1.807, 2.05) is 33.8 Å². The van der Waals surface area contributed by atoms with Gasteiger partial charge in [0.15, 0.2) is 0 Å². The third kappa shape index (κ3) is 7.36. The molecule has 0 fully saturated rings. The van der Waals surface area contributed by atoms with Crippen molar-refractivity contribution in [2.45, 2.75) is 53.2 Å². The highest BCUT2D eigenvalue weighted by Crippen LogP contribution is 2.10. The molecule has 0 unspecified atom stereocenters. The Labute approximate surface area is 133 Å². The Morgan fingerprint density at radius 2 is 2.09 bits per heavy atom. The Morgan fingerprint density at radius 3 is 2.68 bits per heavy atom. The Bertz CT molecular complexity index is 471. The van der Waals surface area contributed by atoms with Crippen molar-refractivity contribution in [1.29, 1.82) is 0 Å². The second-order valence-corrected chi connectivity index (χ2v) is 6.24. The van der Waals surface area contributed by atoms with Gasteiger partial charge >= 0.3 is 6.09 Å². The lowest BCUT2D eigenvalue weighted by atomic mass is 10.2. The average Bonchev–Trinajstić information content (AvgIpc) is 2.40. The highest BCUT2D eigenvalue weighted by molar-refractivity contribution is 5.68. The minimum absolute atomic E-state index is 0.256. The molecular weight excluding hydrogens is 280 g/mol. The van der Waals surface area contributed by atoms with Crippen LogP contribution >= 0.6 is 0 Å². The molecule has 6 heteroatoms. The summed E-state index contributed by atoms with van der Waals surface area (Å²) in [4.78, 5) is 22.3. The summed E-state index contributed by atoms with van der Waals surface area (Å²) in [5, 5.41) is 3.30. The monoisotopic (exact) mass is 308 g/mol. The summed E-state index contributed by atoms with van der Waals surface area (Å²) in [6.45, 7) is 12.2. The first-order valence-corrected chi connectivity index (χ1v) is 7.79. The maximum atomic E-state index is 12.1. The van der Waals surface area contributed by atoms with Crippen LogP contribution in [0.15, 0.2) is 12.3 Å². The van der Waals surface area contributed by atoms with Crippen LogP contribution in [-0.2, 0) is 11.3 Å². The maximum absolute atomic E-state index is 12.1. The maximum Gasteiger partial charge on any atom is 0.410 e. The van der Waals surface area contributed by atoms with Gasteiger partial charge in [0.1, 0.15) is 11.4 Å². The van der Waals surface area contributed by atoms with Gasteiger partial charge in [0.05, 0.1) is 5.69 Å². The number of carbonyl (C=O) groups excluding carboxylic acids is 1. The SMILES string of the molecule is CCCN(CCNCc1ccnc(C)n1)C(=O)OC(C)(C)C. The van der Waals surface area contributed by atoms with Crippen molar-refractivity contribution in [2.24, 2.45) is 0 Å². The van der Waals surface area contributed by atoms with Crippen molar-refractivity contribution >= 4 is 6.09 Å². The van der Waals surface area contributed by atoms with Gasteiger partial charge in [0.2, 0.25) is 0 Å². The van der Waals surface area contributed by atoms with Gasteiger partial charge in [-0.05, 0) is 40.2 Å². The summed E-state index contributed by atoms with van der Waals surface area (Å²) in [5.74, 6) is 0.765. The molecule has 0 atom stereocenters. The summed E-state index contributed by atoms with van der Waals surface area (Å²) >= 11 is 0. The topological polar surface area (TPSA) is 67.3 Å². The fraction of sp³-hybridized carbons (Fsp3) is 0.688. The third-order valence-electron chi connectivity index (χ3n) is 2.84. The molecule has 22 heavy (non-hydrogen) atoms. The molecule has 1 aromatic rings. The van der Waals surface area contributed by atoms with E-state index in [0.29, 0.717) is 26.2 Å². The van der Waals surface area contributed by atoms with Crippen molar-refractivity contribution in [1.82, 2.24) is 20.2 Å². The first-order chi connectivity index (χ1) is 10.3. The molecule has 124 valence electrons. The second kappa shape index (κ2) is 8.68. The van der Waals surface area contributed by atoms with E-state index in [1.54, 1.807) is 11.1 Å². The standard InChI is InChI=1S/C16H28N4O2/c1-6-10-20(15(21)22-16(3,4)5)11-9-17-12-14-7-8-18-13(2)19-14/h7-8,17H,6,9-12H2,1-5H3. The molecule has 0 spiro atoms. The van der Waals surface area contributed by atoms with Gasteiger partial charge in [-0.1, -0.05) is 6.92 Å². The molecule has 1 aromatic heterocycles. The average molecular weight is 308 g/mol. The third-order valence-corrected chi connectivity index (χ3v) is 2.84. The van der Waals surface area contributed by atoms with Gasteiger partial charge in [-0.25, -0.2) is 14.8 Å². The van der Waals surface area contributed by atoms with Gasteiger partial charge in [0.25, 0.3) is 0 Å². The van der Waals surface area contributed by atoms with Crippen LogP contribution in [0, 0.1) is 6.92 Å². The van der Waals surface area contributed by atoms with Crippen molar-refractivity contribution in [3.63, 3.8) is 0 Å². The van der Waals surface area contributed by atoms with Crippen LogP contribution in [0.25, 0.3) is 0 Å². The van der Waals surface area contributed by atoms with E-state index in [1.165, 1.54) is 0 Å². The normalized spacial score (nSPS) is 11.3. The van der Waals surface area contributed by atoms with E-state index in [4.69, 9.17) is 4.74 Å².